The maximum absolute atomic E-state index is 11.1. The number of carbonyl (C=O) groups is 3. The molecular formula is C20H23ClN2O5. The minimum atomic E-state index is -0.969. The molecule has 0 radical (unpaired) electrons. The molecule has 0 aromatic heterocycles. The van der Waals surface area contributed by atoms with Crippen LogP contribution in [0.25, 0.3) is 0 Å². The minimum Gasteiger partial charge on any atom is -0.481 e. The number of carboxylic acids is 2. The number of amides is 1. The van der Waals surface area contributed by atoms with Crippen LogP contribution in [0.3, 0.4) is 0 Å². The molecule has 1 unspecified atom stereocenters. The van der Waals surface area contributed by atoms with Crippen LogP contribution in [0.4, 0.5) is 0 Å². The third-order valence-corrected chi connectivity index (χ3v) is 3.90. The molecule has 8 heteroatoms. The first-order chi connectivity index (χ1) is 13.3. The Hall–Kier alpha value is -2.90. The van der Waals surface area contributed by atoms with Crippen molar-refractivity contribution in [2.24, 2.45) is 5.73 Å². The molecule has 2 aromatic rings. The van der Waals surface area contributed by atoms with Crippen LogP contribution in [0.1, 0.15) is 36.1 Å². The van der Waals surface area contributed by atoms with Gasteiger partial charge in [-0.25, -0.2) is 0 Å². The summed E-state index contributed by atoms with van der Waals surface area (Å²) in [6.45, 7) is 0. The van der Waals surface area contributed by atoms with Gasteiger partial charge in [-0.2, -0.15) is 0 Å². The van der Waals surface area contributed by atoms with Gasteiger partial charge in [-0.15, -0.1) is 11.6 Å². The van der Waals surface area contributed by atoms with Crippen LogP contribution >= 0.6 is 11.6 Å². The lowest BCUT2D eigenvalue weighted by molar-refractivity contribution is -0.138. The number of nitrogens with two attached hydrogens (primary N) is 1. The number of halogens is 1. The van der Waals surface area contributed by atoms with Gasteiger partial charge in [0.05, 0.1) is 18.9 Å². The smallest absolute Gasteiger partial charge is 0.305 e. The summed E-state index contributed by atoms with van der Waals surface area (Å²) in [6.07, 6.45) is -0.184. The Morgan fingerprint density at radius 3 is 1.75 bits per heavy atom. The average Bonchev–Trinajstić information content (AvgIpc) is 2.68. The molecule has 2 rings (SSSR count). The van der Waals surface area contributed by atoms with Crippen LogP contribution in [0.5, 0.6) is 0 Å². The Balaban J connectivity index is 0.000000292. The maximum atomic E-state index is 11.1. The molecule has 0 aliphatic rings. The summed E-state index contributed by atoms with van der Waals surface area (Å²) in [5, 5.41) is 19.8. The van der Waals surface area contributed by atoms with Crippen molar-refractivity contribution in [1.82, 2.24) is 5.32 Å². The van der Waals surface area contributed by atoms with Crippen LogP contribution in [-0.2, 0) is 14.4 Å². The Labute approximate surface area is 168 Å². The predicted octanol–water partition coefficient (Wildman–Crippen LogP) is 2.72. The largest absolute Gasteiger partial charge is 0.481 e. The lowest BCUT2D eigenvalue weighted by atomic mass is 10.0. The van der Waals surface area contributed by atoms with Crippen LogP contribution < -0.4 is 11.1 Å². The summed E-state index contributed by atoms with van der Waals surface area (Å²) in [5.41, 5.74) is 7.23. The second-order valence-electron chi connectivity index (χ2n) is 5.88. The molecule has 0 aliphatic carbocycles. The van der Waals surface area contributed by atoms with E-state index in [1.165, 1.54) is 0 Å². The van der Waals surface area contributed by atoms with Gasteiger partial charge in [-0.3, -0.25) is 14.4 Å². The van der Waals surface area contributed by atoms with Crippen molar-refractivity contribution in [3.63, 3.8) is 0 Å². The summed E-state index contributed by atoms with van der Waals surface area (Å²) in [5.74, 6) is -2.39. The summed E-state index contributed by atoms with van der Waals surface area (Å²) < 4.78 is 0. The van der Waals surface area contributed by atoms with Crippen molar-refractivity contribution in [3.05, 3.63) is 71.8 Å². The monoisotopic (exact) mass is 406 g/mol. The van der Waals surface area contributed by atoms with Crippen molar-refractivity contribution in [1.29, 1.82) is 0 Å². The zero-order valence-corrected chi connectivity index (χ0v) is 15.9. The molecule has 0 spiro atoms. The van der Waals surface area contributed by atoms with Crippen LogP contribution in [0.15, 0.2) is 60.7 Å². The van der Waals surface area contributed by atoms with Gasteiger partial charge < -0.3 is 21.3 Å². The molecule has 28 heavy (non-hydrogen) atoms. The fourth-order valence-electron chi connectivity index (χ4n) is 2.35. The van der Waals surface area contributed by atoms with Gasteiger partial charge in [-0.1, -0.05) is 60.7 Å². The number of alkyl halides is 1. The fourth-order valence-corrected chi connectivity index (χ4v) is 2.43. The van der Waals surface area contributed by atoms with Gasteiger partial charge in [0, 0.05) is 6.04 Å². The first-order valence-corrected chi connectivity index (χ1v) is 9.01. The van der Waals surface area contributed by atoms with Crippen molar-refractivity contribution < 1.29 is 24.6 Å². The molecule has 2 aromatic carbocycles. The highest BCUT2D eigenvalue weighted by molar-refractivity contribution is 6.27. The van der Waals surface area contributed by atoms with Gasteiger partial charge >= 0.3 is 11.9 Å². The van der Waals surface area contributed by atoms with Crippen LogP contribution in [0, 0.1) is 0 Å². The number of rotatable bonds is 8. The molecule has 0 saturated heterocycles. The lowest BCUT2D eigenvalue weighted by Crippen LogP contribution is -2.30. The van der Waals surface area contributed by atoms with Crippen molar-refractivity contribution in [2.75, 3.05) is 5.88 Å². The van der Waals surface area contributed by atoms with E-state index in [2.05, 4.69) is 5.32 Å². The van der Waals surface area contributed by atoms with Crippen molar-refractivity contribution in [3.8, 4) is 0 Å². The van der Waals surface area contributed by atoms with Crippen molar-refractivity contribution in [2.45, 2.75) is 24.9 Å². The minimum absolute atomic E-state index is 0.0238. The van der Waals surface area contributed by atoms with Crippen LogP contribution in [0.2, 0.25) is 0 Å². The van der Waals surface area contributed by atoms with E-state index >= 15 is 0 Å². The molecule has 0 fully saturated rings. The summed E-state index contributed by atoms with van der Waals surface area (Å²) >= 11 is 5.36. The van der Waals surface area contributed by atoms with E-state index in [4.69, 9.17) is 27.5 Å². The number of benzene rings is 2. The number of carboxylic acid groups (broad SMARTS) is 2. The first kappa shape index (κ1) is 23.1. The second-order valence-corrected chi connectivity index (χ2v) is 6.14. The van der Waals surface area contributed by atoms with Gasteiger partial charge in [0.25, 0.3) is 0 Å². The Morgan fingerprint density at radius 1 is 0.857 bits per heavy atom. The maximum Gasteiger partial charge on any atom is 0.305 e. The summed E-state index contributed by atoms with van der Waals surface area (Å²) in [7, 11) is 0. The molecule has 1 amide bonds. The van der Waals surface area contributed by atoms with Crippen molar-refractivity contribution >= 4 is 29.4 Å². The zero-order chi connectivity index (χ0) is 20.9. The average molecular weight is 407 g/mol. The molecule has 5 N–H and O–H groups in total. The third kappa shape index (κ3) is 9.16. The van der Waals surface area contributed by atoms with E-state index in [9.17, 15) is 14.4 Å². The van der Waals surface area contributed by atoms with E-state index in [1.807, 2.05) is 36.4 Å². The van der Waals surface area contributed by atoms with Crippen LogP contribution in [-0.4, -0.2) is 33.9 Å². The standard InChI is InChI=1S/C11H12ClNO3.C9H11NO2/c12-7-10(14)13-9(6-11(15)16)8-4-2-1-3-5-8;10-8(6-9(11)12)7-4-2-1-3-5-7/h1-5,9H,6-7H2,(H,13,14)(H,15,16);1-5,8H,6,10H2,(H,11,12)/t;8-/m.0/s1. The number of hydrogen-bond donors (Lipinski definition) is 4. The van der Waals surface area contributed by atoms with Gasteiger partial charge in [0.1, 0.15) is 5.88 Å². The van der Waals surface area contributed by atoms with Gasteiger partial charge in [0.2, 0.25) is 5.91 Å². The first-order valence-electron chi connectivity index (χ1n) is 8.47. The topological polar surface area (TPSA) is 130 Å². The molecule has 0 heterocycles. The molecule has 7 nitrogen and oxygen atoms in total. The van der Waals surface area contributed by atoms with E-state index in [0.717, 1.165) is 11.1 Å². The normalized spacial score (nSPS) is 12.1. The molecule has 0 aliphatic heterocycles. The SMILES string of the molecule is N[C@@H](CC(=O)O)c1ccccc1.O=C(O)CC(NC(=O)CCl)c1ccccc1. The van der Waals surface area contributed by atoms with E-state index in [1.54, 1.807) is 24.3 Å². The molecule has 150 valence electrons. The number of hydrogen-bond acceptors (Lipinski definition) is 4. The predicted molar refractivity (Wildman–Crippen MR) is 106 cm³/mol. The highest BCUT2D eigenvalue weighted by Crippen LogP contribution is 2.16. The number of carbonyl (C=O) groups excluding carboxylic acids is 1. The number of nitrogens with one attached hydrogen (secondary N) is 1. The van der Waals surface area contributed by atoms with Gasteiger partial charge in [0.15, 0.2) is 0 Å². The highest BCUT2D eigenvalue weighted by atomic mass is 35.5. The van der Waals surface area contributed by atoms with Gasteiger partial charge in [-0.05, 0) is 11.1 Å². The third-order valence-electron chi connectivity index (χ3n) is 3.66. The zero-order valence-electron chi connectivity index (χ0n) is 15.1. The summed E-state index contributed by atoms with van der Waals surface area (Å²) in [4.78, 5) is 32.1. The Kier molecular flexibility index (Phi) is 10.3. The van der Waals surface area contributed by atoms with E-state index in [-0.39, 0.29) is 24.6 Å². The lowest BCUT2D eigenvalue weighted by Gasteiger charge is -2.16. The Bertz CT molecular complexity index is 756. The molecule has 0 bridgehead atoms. The highest BCUT2D eigenvalue weighted by Gasteiger charge is 2.17. The molecular weight excluding hydrogens is 384 g/mol. The fraction of sp³-hybridized carbons (Fsp3) is 0.250. The molecule has 0 saturated carbocycles. The molecule has 2 atom stereocenters. The van der Waals surface area contributed by atoms with E-state index < -0.39 is 24.0 Å². The quantitative estimate of drug-likeness (QED) is 0.499. The number of aliphatic carboxylic acids is 2. The Morgan fingerprint density at radius 2 is 1.32 bits per heavy atom. The van der Waals surface area contributed by atoms with E-state index in [0.29, 0.717) is 0 Å². The summed E-state index contributed by atoms with van der Waals surface area (Å²) in [6, 6.07) is 17.2. The second kappa shape index (κ2) is 12.5.